The molecule has 0 atom stereocenters. The van der Waals surface area contributed by atoms with Crippen molar-refractivity contribution in [3.63, 3.8) is 0 Å². The van der Waals surface area contributed by atoms with Crippen LogP contribution in [0.25, 0.3) is 0 Å². The first kappa shape index (κ1) is 12.3. The number of phosphoric ester groups is 1. The van der Waals surface area contributed by atoms with E-state index in [9.17, 15) is 4.57 Å². The highest BCUT2D eigenvalue weighted by atomic mass is 32.1. The van der Waals surface area contributed by atoms with E-state index in [1.54, 1.807) is 6.92 Å². The number of phosphoric acid groups is 1. The first-order valence-electron chi connectivity index (χ1n) is 3.76. The Morgan fingerprint density at radius 1 is 1.73 bits per heavy atom. The van der Waals surface area contributed by atoms with E-state index < -0.39 is 7.82 Å². The van der Waals surface area contributed by atoms with E-state index in [-0.39, 0.29) is 6.61 Å². The van der Waals surface area contributed by atoms with Gasteiger partial charge in [-0.1, -0.05) is 5.16 Å². The number of thiazole rings is 1. The summed E-state index contributed by atoms with van der Waals surface area (Å²) in [6.45, 7) is 1.34. The Hall–Kier alpha value is -0.790. The minimum atomic E-state index is -4.45. The maximum atomic E-state index is 10.4. The second-order valence-electron chi connectivity index (χ2n) is 2.58. The lowest BCUT2D eigenvalue weighted by Crippen LogP contribution is -1.91. The van der Waals surface area contributed by atoms with Crippen LogP contribution in [0, 0.1) is 0 Å². The largest absolute Gasteiger partial charge is 0.469 e. The van der Waals surface area contributed by atoms with Crippen LogP contribution in [-0.4, -0.2) is 25.7 Å². The van der Waals surface area contributed by atoms with Gasteiger partial charge in [0.05, 0.1) is 11.5 Å². The molecule has 84 valence electrons. The Morgan fingerprint density at radius 3 is 2.93 bits per heavy atom. The van der Waals surface area contributed by atoms with Crippen LogP contribution < -0.4 is 0 Å². The molecule has 9 heteroatoms. The fourth-order valence-corrected chi connectivity index (χ4v) is 1.89. The third-order valence-electron chi connectivity index (χ3n) is 1.39. The van der Waals surface area contributed by atoms with Crippen molar-refractivity contribution in [3.05, 3.63) is 16.1 Å². The molecule has 0 saturated carbocycles. The smallest absolute Gasteiger partial charge is 0.411 e. The zero-order valence-electron chi connectivity index (χ0n) is 7.69. The Morgan fingerprint density at radius 2 is 2.40 bits per heavy atom. The number of rotatable bonds is 4. The van der Waals surface area contributed by atoms with Crippen molar-refractivity contribution in [3.8, 4) is 0 Å². The summed E-state index contributed by atoms with van der Waals surface area (Å²) in [4.78, 5) is 21.3. The molecule has 0 amide bonds. The Balaban J connectivity index is 2.65. The number of nitrogens with zero attached hydrogens (tertiary/aromatic N) is 2. The third-order valence-corrected chi connectivity index (χ3v) is 2.93. The van der Waals surface area contributed by atoms with Gasteiger partial charge in [-0.05, 0) is 6.92 Å². The minimum absolute atomic E-state index is 0.222. The van der Waals surface area contributed by atoms with Gasteiger partial charge < -0.3 is 15.0 Å². The van der Waals surface area contributed by atoms with Crippen LogP contribution in [0.1, 0.15) is 16.8 Å². The molecule has 3 N–H and O–H groups in total. The molecule has 0 saturated heterocycles. The zero-order valence-corrected chi connectivity index (χ0v) is 9.40. The molecular weight excluding hydrogens is 243 g/mol. The van der Waals surface area contributed by atoms with Crippen LogP contribution in [0.15, 0.2) is 11.4 Å². The van der Waals surface area contributed by atoms with Gasteiger partial charge in [0.2, 0.25) is 0 Å². The molecule has 0 bridgehead atoms. The van der Waals surface area contributed by atoms with Crippen LogP contribution in [0.5, 0.6) is 0 Å². The maximum Gasteiger partial charge on any atom is 0.469 e. The van der Waals surface area contributed by atoms with Gasteiger partial charge >= 0.3 is 7.82 Å². The average molecular weight is 252 g/mol. The lowest BCUT2D eigenvalue weighted by atomic mass is 10.5. The monoisotopic (exact) mass is 252 g/mol. The van der Waals surface area contributed by atoms with Crippen LogP contribution in [0.2, 0.25) is 0 Å². The van der Waals surface area contributed by atoms with E-state index in [1.807, 2.05) is 0 Å². The summed E-state index contributed by atoms with van der Waals surface area (Å²) in [5, 5.41) is 11.9. The lowest BCUT2D eigenvalue weighted by Gasteiger charge is -2.01. The topological polar surface area (TPSA) is 112 Å². The summed E-state index contributed by atoms with van der Waals surface area (Å²) in [5.74, 6) is 0. The number of oxime groups is 1. The Kier molecular flexibility index (Phi) is 3.95. The van der Waals surface area contributed by atoms with E-state index in [0.29, 0.717) is 15.6 Å². The van der Waals surface area contributed by atoms with Crippen molar-refractivity contribution in [1.29, 1.82) is 0 Å². The Bertz CT molecular complexity index is 411. The highest BCUT2D eigenvalue weighted by molar-refractivity contribution is 7.46. The van der Waals surface area contributed by atoms with Crippen molar-refractivity contribution >= 4 is 24.9 Å². The summed E-state index contributed by atoms with van der Waals surface area (Å²) >= 11 is 1.14. The van der Waals surface area contributed by atoms with Crippen LogP contribution in [0.3, 0.4) is 0 Å². The number of hydrogen-bond donors (Lipinski definition) is 3. The molecule has 0 aliphatic heterocycles. The predicted octanol–water partition coefficient (Wildman–Crippen LogP) is 0.951. The van der Waals surface area contributed by atoms with Gasteiger partial charge in [0.25, 0.3) is 0 Å². The second-order valence-corrected chi connectivity index (χ2v) is 4.94. The summed E-state index contributed by atoms with van der Waals surface area (Å²) in [5.41, 5.74) is 0.336. The van der Waals surface area contributed by atoms with E-state index in [2.05, 4.69) is 14.7 Å². The summed E-state index contributed by atoms with van der Waals surface area (Å²) in [7, 11) is -4.45. The number of aromatic nitrogens is 1. The van der Waals surface area contributed by atoms with E-state index in [0.717, 1.165) is 11.3 Å². The van der Waals surface area contributed by atoms with Gasteiger partial charge in [0.1, 0.15) is 10.7 Å². The molecule has 0 fully saturated rings. The van der Waals surface area contributed by atoms with E-state index in [1.165, 1.54) is 6.20 Å². The molecule has 0 aliphatic rings. The molecule has 7 nitrogen and oxygen atoms in total. The normalized spacial score (nSPS) is 13.1. The van der Waals surface area contributed by atoms with Gasteiger partial charge in [-0.2, -0.15) is 0 Å². The van der Waals surface area contributed by atoms with Gasteiger partial charge in [-0.3, -0.25) is 4.52 Å². The third kappa shape index (κ3) is 4.06. The molecule has 1 rings (SSSR count). The van der Waals surface area contributed by atoms with Gasteiger partial charge in [0.15, 0.2) is 0 Å². The second kappa shape index (κ2) is 4.82. The highest BCUT2D eigenvalue weighted by Gasteiger charge is 2.15. The minimum Gasteiger partial charge on any atom is -0.411 e. The zero-order chi connectivity index (χ0) is 11.5. The van der Waals surface area contributed by atoms with Crippen molar-refractivity contribution in [2.24, 2.45) is 5.16 Å². The molecule has 0 aliphatic carbocycles. The van der Waals surface area contributed by atoms with Crippen molar-refractivity contribution in [1.82, 2.24) is 4.98 Å². The molecule has 1 heterocycles. The van der Waals surface area contributed by atoms with Gasteiger partial charge in [-0.15, -0.1) is 11.3 Å². The Labute approximate surface area is 89.3 Å². The van der Waals surface area contributed by atoms with Crippen molar-refractivity contribution in [2.75, 3.05) is 0 Å². The average Bonchev–Trinajstić information content (AvgIpc) is 2.61. The van der Waals surface area contributed by atoms with E-state index >= 15 is 0 Å². The molecule has 1 aromatic rings. The summed E-state index contributed by atoms with van der Waals surface area (Å²) < 4.78 is 14.7. The first-order valence-corrected chi connectivity index (χ1v) is 6.11. The van der Waals surface area contributed by atoms with Crippen molar-refractivity contribution in [2.45, 2.75) is 13.5 Å². The molecule has 1 aromatic heterocycles. The number of hydrogen-bond acceptors (Lipinski definition) is 6. The quantitative estimate of drug-likeness (QED) is 0.318. The summed E-state index contributed by atoms with van der Waals surface area (Å²) in [6, 6.07) is 0. The highest BCUT2D eigenvalue weighted by Crippen LogP contribution is 2.37. The van der Waals surface area contributed by atoms with Gasteiger partial charge in [0, 0.05) is 6.20 Å². The van der Waals surface area contributed by atoms with Crippen LogP contribution in [-0.2, 0) is 15.7 Å². The molecular formula is C6H9N2O5PS. The van der Waals surface area contributed by atoms with Crippen LogP contribution in [0.4, 0.5) is 0 Å². The standard InChI is InChI=1S/C6H9N2O5PS/c1-4(8-9)6-7-2-5(15-6)3-13-14(10,11)12/h2,9H,3H2,1H3,(H2,10,11,12)/b8-4-. The molecule has 0 spiro atoms. The molecule has 0 aromatic carbocycles. The molecule has 0 radical (unpaired) electrons. The molecule has 15 heavy (non-hydrogen) atoms. The first-order chi connectivity index (χ1) is 6.92. The van der Waals surface area contributed by atoms with E-state index in [4.69, 9.17) is 15.0 Å². The summed E-state index contributed by atoms with van der Waals surface area (Å²) in [6.07, 6.45) is 1.41. The molecule has 0 unspecified atom stereocenters. The SMILES string of the molecule is C/C(=N/O)c1ncc(COP(=O)(O)O)s1. The van der Waals surface area contributed by atoms with Crippen LogP contribution >= 0.6 is 19.2 Å². The van der Waals surface area contributed by atoms with Crippen molar-refractivity contribution < 1.29 is 24.1 Å². The predicted molar refractivity (Wildman–Crippen MR) is 52.9 cm³/mol. The van der Waals surface area contributed by atoms with Gasteiger partial charge in [-0.25, -0.2) is 9.55 Å². The fourth-order valence-electron chi connectivity index (χ4n) is 0.732. The lowest BCUT2D eigenvalue weighted by molar-refractivity contribution is 0.190. The maximum absolute atomic E-state index is 10.4. The fraction of sp³-hybridized carbons (Fsp3) is 0.333.